The SMILES string of the molecule is CCC(CNC(=O)Cc1noc2ccccc12)CC(=O)O. The number of para-hydroxylation sites is 1. The van der Waals surface area contributed by atoms with E-state index in [-0.39, 0.29) is 24.7 Å². The molecule has 0 aliphatic carbocycles. The van der Waals surface area contributed by atoms with Crippen molar-refractivity contribution in [1.82, 2.24) is 10.5 Å². The number of aliphatic carboxylic acids is 1. The zero-order chi connectivity index (χ0) is 15.2. The van der Waals surface area contributed by atoms with Crippen LogP contribution in [0, 0.1) is 5.92 Å². The fourth-order valence-corrected chi connectivity index (χ4v) is 2.15. The average molecular weight is 290 g/mol. The summed E-state index contributed by atoms with van der Waals surface area (Å²) in [6.07, 6.45) is 0.893. The molecule has 2 aromatic rings. The number of carbonyl (C=O) groups excluding carboxylic acids is 1. The average Bonchev–Trinajstić information content (AvgIpc) is 2.86. The third-order valence-corrected chi connectivity index (χ3v) is 3.41. The third-order valence-electron chi connectivity index (χ3n) is 3.41. The first-order valence-corrected chi connectivity index (χ1v) is 6.92. The summed E-state index contributed by atoms with van der Waals surface area (Å²) in [7, 11) is 0. The highest BCUT2D eigenvalue weighted by atomic mass is 16.5. The molecule has 1 heterocycles. The van der Waals surface area contributed by atoms with Crippen LogP contribution >= 0.6 is 0 Å². The van der Waals surface area contributed by atoms with E-state index in [1.54, 1.807) is 6.07 Å². The van der Waals surface area contributed by atoms with E-state index >= 15 is 0 Å². The molecule has 0 aliphatic rings. The Balaban J connectivity index is 1.91. The molecule has 0 saturated heterocycles. The Bertz CT molecular complexity index is 635. The molecule has 0 bridgehead atoms. The summed E-state index contributed by atoms with van der Waals surface area (Å²) in [6.45, 7) is 2.27. The molecule has 1 unspecified atom stereocenters. The fraction of sp³-hybridized carbons (Fsp3) is 0.400. The lowest BCUT2D eigenvalue weighted by molar-refractivity contribution is -0.138. The van der Waals surface area contributed by atoms with Gasteiger partial charge < -0.3 is 14.9 Å². The van der Waals surface area contributed by atoms with E-state index in [1.165, 1.54) is 0 Å². The van der Waals surface area contributed by atoms with Crippen molar-refractivity contribution >= 4 is 22.8 Å². The molecule has 21 heavy (non-hydrogen) atoms. The maximum absolute atomic E-state index is 11.9. The van der Waals surface area contributed by atoms with Gasteiger partial charge in [0, 0.05) is 18.4 Å². The van der Waals surface area contributed by atoms with Gasteiger partial charge in [-0.2, -0.15) is 0 Å². The second kappa shape index (κ2) is 6.88. The van der Waals surface area contributed by atoms with Gasteiger partial charge >= 0.3 is 5.97 Å². The molecule has 0 radical (unpaired) electrons. The van der Waals surface area contributed by atoms with Gasteiger partial charge in [0.05, 0.1) is 6.42 Å². The minimum atomic E-state index is -0.849. The number of carbonyl (C=O) groups is 2. The first-order chi connectivity index (χ1) is 10.1. The van der Waals surface area contributed by atoms with Crippen molar-refractivity contribution in [3.63, 3.8) is 0 Å². The molecular formula is C15H18N2O4. The van der Waals surface area contributed by atoms with Crippen LogP contribution in [0.25, 0.3) is 11.0 Å². The fourth-order valence-electron chi connectivity index (χ4n) is 2.15. The van der Waals surface area contributed by atoms with Gasteiger partial charge in [-0.15, -0.1) is 0 Å². The summed E-state index contributed by atoms with van der Waals surface area (Å²) in [5.41, 5.74) is 1.24. The highest BCUT2D eigenvalue weighted by Crippen LogP contribution is 2.18. The van der Waals surface area contributed by atoms with E-state index in [0.29, 0.717) is 24.2 Å². The largest absolute Gasteiger partial charge is 0.481 e. The van der Waals surface area contributed by atoms with Crippen LogP contribution in [0.15, 0.2) is 28.8 Å². The highest BCUT2D eigenvalue weighted by molar-refractivity contribution is 5.86. The van der Waals surface area contributed by atoms with Crippen molar-refractivity contribution < 1.29 is 19.2 Å². The molecule has 1 aromatic carbocycles. The van der Waals surface area contributed by atoms with E-state index in [2.05, 4.69) is 10.5 Å². The monoisotopic (exact) mass is 290 g/mol. The van der Waals surface area contributed by atoms with Gasteiger partial charge in [0.1, 0.15) is 5.69 Å². The van der Waals surface area contributed by atoms with Gasteiger partial charge in [-0.25, -0.2) is 0 Å². The van der Waals surface area contributed by atoms with Crippen LogP contribution in [0.5, 0.6) is 0 Å². The number of hydrogen-bond donors (Lipinski definition) is 2. The van der Waals surface area contributed by atoms with Crippen LogP contribution < -0.4 is 5.32 Å². The van der Waals surface area contributed by atoms with Crippen molar-refractivity contribution in [3.05, 3.63) is 30.0 Å². The number of amides is 1. The Morgan fingerprint density at radius 1 is 1.38 bits per heavy atom. The molecule has 1 atom stereocenters. The number of carboxylic acid groups (broad SMARTS) is 1. The molecule has 112 valence electrons. The van der Waals surface area contributed by atoms with Gasteiger partial charge in [0.25, 0.3) is 0 Å². The minimum absolute atomic E-state index is 0.0551. The summed E-state index contributed by atoms with van der Waals surface area (Å²) in [5, 5.41) is 16.3. The number of nitrogens with one attached hydrogen (secondary N) is 1. The first kappa shape index (κ1) is 15.0. The molecule has 2 rings (SSSR count). The van der Waals surface area contributed by atoms with E-state index < -0.39 is 5.97 Å². The topological polar surface area (TPSA) is 92.4 Å². The summed E-state index contributed by atoms with van der Waals surface area (Å²) >= 11 is 0. The normalized spacial score (nSPS) is 12.2. The molecule has 0 fully saturated rings. The van der Waals surface area contributed by atoms with Crippen molar-refractivity contribution in [2.75, 3.05) is 6.54 Å². The third kappa shape index (κ3) is 4.05. The van der Waals surface area contributed by atoms with Gasteiger partial charge in [-0.1, -0.05) is 30.6 Å². The number of fused-ring (bicyclic) bond motifs is 1. The number of benzene rings is 1. The maximum Gasteiger partial charge on any atom is 0.303 e. The standard InChI is InChI=1S/C15H18N2O4/c1-2-10(7-15(19)20)9-16-14(18)8-12-11-5-3-4-6-13(11)21-17-12/h3-6,10H,2,7-9H2,1H3,(H,16,18)(H,19,20). The summed E-state index contributed by atoms with van der Waals surface area (Å²) < 4.78 is 5.14. The molecular weight excluding hydrogens is 272 g/mol. The van der Waals surface area contributed by atoms with E-state index in [9.17, 15) is 9.59 Å². The Kier molecular flexibility index (Phi) is 4.92. The van der Waals surface area contributed by atoms with E-state index in [1.807, 2.05) is 25.1 Å². The number of nitrogens with zero attached hydrogens (tertiary/aromatic N) is 1. The Hall–Kier alpha value is -2.37. The van der Waals surface area contributed by atoms with Crippen molar-refractivity contribution in [2.45, 2.75) is 26.2 Å². The van der Waals surface area contributed by atoms with Crippen molar-refractivity contribution in [3.8, 4) is 0 Å². The number of aromatic nitrogens is 1. The van der Waals surface area contributed by atoms with E-state index in [4.69, 9.17) is 9.63 Å². The number of carboxylic acids is 1. The zero-order valence-electron chi connectivity index (χ0n) is 11.8. The van der Waals surface area contributed by atoms with Crippen LogP contribution in [-0.2, 0) is 16.0 Å². The zero-order valence-corrected chi connectivity index (χ0v) is 11.8. The molecule has 2 N–H and O–H groups in total. The van der Waals surface area contributed by atoms with Crippen molar-refractivity contribution in [2.24, 2.45) is 5.92 Å². The predicted octanol–water partition coefficient (Wildman–Crippen LogP) is 1.99. The van der Waals surface area contributed by atoms with Gasteiger partial charge in [-0.3, -0.25) is 9.59 Å². The predicted molar refractivity (Wildman–Crippen MR) is 76.8 cm³/mol. The lowest BCUT2D eigenvalue weighted by Gasteiger charge is -2.12. The Morgan fingerprint density at radius 2 is 2.14 bits per heavy atom. The van der Waals surface area contributed by atoms with Gasteiger partial charge in [0.15, 0.2) is 5.58 Å². The Morgan fingerprint density at radius 3 is 2.86 bits per heavy atom. The molecule has 6 nitrogen and oxygen atoms in total. The van der Waals surface area contributed by atoms with Gasteiger partial charge in [0.2, 0.25) is 5.91 Å². The Labute approximate surface area is 122 Å². The molecule has 6 heteroatoms. The first-order valence-electron chi connectivity index (χ1n) is 6.92. The second-order valence-corrected chi connectivity index (χ2v) is 4.98. The minimum Gasteiger partial charge on any atom is -0.481 e. The molecule has 0 saturated carbocycles. The molecule has 1 aromatic heterocycles. The number of rotatable bonds is 7. The maximum atomic E-state index is 11.9. The summed E-state index contributed by atoms with van der Waals surface area (Å²) in [5.74, 6) is -1.09. The summed E-state index contributed by atoms with van der Waals surface area (Å²) in [6, 6.07) is 7.35. The number of hydrogen-bond acceptors (Lipinski definition) is 4. The van der Waals surface area contributed by atoms with E-state index in [0.717, 1.165) is 5.39 Å². The molecule has 0 aliphatic heterocycles. The lowest BCUT2D eigenvalue weighted by Crippen LogP contribution is -2.31. The van der Waals surface area contributed by atoms with Crippen LogP contribution in [0.2, 0.25) is 0 Å². The van der Waals surface area contributed by atoms with Crippen LogP contribution in [-0.4, -0.2) is 28.7 Å². The van der Waals surface area contributed by atoms with Gasteiger partial charge in [-0.05, 0) is 18.1 Å². The van der Waals surface area contributed by atoms with Crippen LogP contribution in [0.3, 0.4) is 0 Å². The smallest absolute Gasteiger partial charge is 0.303 e. The molecule has 0 spiro atoms. The van der Waals surface area contributed by atoms with Crippen LogP contribution in [0.4, 0.5) is 0 Å². The van der Waals surface area contributed by atoms with Crippen LogP contribution in [0.1, 0.15) is 25.5 Å². The van der Waals surface area contributed by atoms with Crippen molar-refractivity contribution in [1.29, 1.82) is 0 Å². The lowest BCUT2D eigenvalue weighted by atomic mass is 10.0. The second-order valence-electron chi connectivity index (χ2n) is 4.98. The summed E-state index contributed by atoms with van der Waals surface area (Å²) in [4.78, 5) is 22.6. The molecule has 1 amide bonds. The highest BCUT2D eigenvalue weighted by Gasteiger charge is 2.15. The quantitative estimate of drug-likeness (QED) is 0.813.